The first-order valence-electron chi connectivity index (χ1n) is 8.34. The summed E-state index contributed by atoms with van der Waals surface area (Å²) in [6.07, 6.45) is 8.24. The number of hydrogen-bond acceptors (Lipinski definition) is 3. The first-order valence-corrected chi connectivity index (χ1v) is 8.34. The predicted octanol–water partition coefficient (Wildman–Crippen LogP) is 3.49. The second-order valence-electron chi connectivity index (χ2n) is 6.37. The zero-order valence-electron chi connectivity index (χ0n) is 13.0. The van der Waals surface area contributed by atoms with E-state index < -0.39 is 0 Å². The third kappa shape index (κ3) is 3.98. The second kappa shape index (κ2) is 7.28. The van der Waals surface area contributed by atoms with Crippen LogP contribution >= 0.6 is 0 Å². The topological polar surface area (TPSA) is 30.5 Å². The number of ether oxygens (including phenoxy) is 2. The largest absolute Gasteiger partial charge is 0.497 e. The second-order valence-corrected chi connectivity index (χ2v) is 6.37. The highest BCUT2D eigenvalue weighted by Gasteiger charge is 2.29. The molecule has 116 valence electrons. The third-order valence-electron chi connectivity index (χ3n) is 4.89. The normalized spacial score (nSPS) is 25.8. The summed E-state index contributed by atoms with van der Waals surface area (Å²) in [4.78, 5) is 0. The lowest BCUT2D eigenvalue weighted by Gasteiger charge is -2.36. The molecular formula is C18H27NO2. The Morgan fingerprint density at radius 1 is 1.19 bits per heavy atom. The van der Waals surface area contributed by atoms with Crippen LogP contribution in [-0.2, 0) is 4.74 Å². The molecule has 1 aromatic carbocycles. The van der Waals surface area contributed by atoms with Crippen molar-refractivity contribution < 1.29 is 9.47 Å². The van der Waals surface area contributed by atoms with Crippen molar-refractivity contribution in [3.05, 3.63) is 29.8 Å². The molecule has 1 aromatic rings. The molecule has 0 aliphatic heterocycles. The Morgan fingerprint density at radius 2 is 2.00 bits per heavy atom. The van der Waals surface area contributed by atoms with Gasteiger partial charge in [0.1, 0.15) is 5.75 Å². The van der Waals surface area contributed by atoms with Crippen LogP contribution in [0.1, 0.15) is 50.0 Å². The lowest BCUT2D eigenvalue weighted by molar-refractivity contribution is 0.0571. The zero-order valence-corrected chi connectivity index (χ0v) is 13.0. The summed E-state index contributed by atoms with van der Waals surface area (Å²) in [6, 6.07) is 9.15. The fraction of sp³-hybridized carbons (Fsp3) is 0.667. The average Bonchev–Trinajstić information content (AvgIpc) is 2.98. The molecule has 0 aromatic heterocycles. The third-order valence-corrected chi connectivity index (χ3v) is 4.89. The lowest BCUT2D eigenvalue weighted by atomic mass is 9.76. The van der Waals surface area contributed by atoms with E-state index in [1.165, 1.54) is 44.1 Å². The van der Waals surface area contributed by atoms with E-state index in [1.807, 2.05) is 6.07 Å². The molecule has 0 heterocycles. The van der Waals surface area contributed by atoms with Gasteiger partial charge in [0.2, 0.25) is 0 Å². The highest BCUT2D eigenvalue weighted by Crippen LogP contribution is 2.37. The Morgan fingerprint density at radius 3 is 2.76 bits per heavy atom. The van der Waals surface area contributed by atoms with Crippen molar-refractivity contribution in [2.24, 2.45) is 0 Å². The molecule has 0 atom stereocenters. The van der Waals surface area contributed by atoms with E-state index in [4.69, 9.17) is 9.47 Å². The lowest BCUT2D eigenvalue weighted by Crippen LogP contribution is -2.41. The van der Waals surface area contributed by atoms with E-state index in [2.05, 4.69) is 23.5 Å². The van der Waals surface area contributed by atoms with Crippen LogP contribution in [0.2, 0.25) is 0 Å². The Bertz CT molecular complexity index is 437. The van der Waals surface area contributed by atoms with Gasteiger partial charge in [-0.25, -0.2) is 0 Å². The summed E-state index contributed by atoms with van der Waals surface area (Å²) >= 11 is 0. The van der Waals surface area contributed by atoms with Gasteiger partial charge >= 0.3 is 0 Å². The van der Waals surface area contributed by atoms with Crippen LogP contribution < -0.4 is 10.1 Å². The van der Waals surface area contributed by atoms with Crippen LogP contribution in [0.5, 0.6) is 5.75 Å². The molecule has 0 amide bonds. The predicted molar refractivity (Wildman–Crippen MR) is 85.0 cm³/mol. The van der Waals surface area contributed by atoms with Crippen molar-refractivity contribution in [3.8, 4) is 5.75 Å². The molecule has 21 heavy (non-hydrogen) atoms. The standard InChI is InChI=1S/C18H27NO2/c1-20-18-8-4-5-14(13-18)15-11-16(12-15)19-9-10-21-17-6-2-3-7-17/h4-5,8,13,15-17,19H,2-3,6-7,9-12H2,1H3. The summed E-state index contributed by atoms with van der Waals surface area (Å²) in [5.74, 6) is 1.65. The molecule has 2 fully saturated rings. The van der Waals surface area contributed by atoms with E-state index in [1.54, 1.807) is 7.11 Å². The molecule has 0 radical (unpaired) electrons. The van der Waals surface area contributed by atoms with Crippen LogP contribution in [0.4, 0.5) is 0 Å². The highest BCUT2D eigenvalue weighted by atomic mass is 16.5. The van der Waals surface area contributed by atoms with E-state index in [0.29, 0.717) is 18.1 Å². The molecule has 0 spiro atoms. The maximum Gasteiger partial charge on any atom is 0.119 e. The van der Waals surface area contributed by atoms with Gasteiger partial charge in [0.05, 0.1) is 19.8 Å². The maximum atomic E-state index is 5.88. The molecule has 0 bridgehead atoms. The quantitative estimate of drug-likeness (QED) is 0.779. The Balaban J connectivity index is 1.32. The first-order chi connectivity index (χ1) is 10.3. The zero-order chi connectivity index (χ0) is 14.5. The van der Waals surface area contributed by atoms with Crippen LogP contribution in [0.25, 0.3) is 0 Å². The molecule has 3 heteroatoms. The highest BCUT2D eigenvalue weighted by molar-refractivity contribution is 5.32. The van der Waals surface area contributed by atoms with Gasteiger partial charge in [-0.15, -0.1) is 0 Å². The summed E-state index contributed by atoms with van der Waals surface area (Å²) in [5, 5.41) is 3.62. The Kier molecular flexibility index (Phi) is 5.15. The molecule has 0 saturated heterocycles. The smallest absolute Gasteiger partial charge is 0.119 e. The number of hydrogen-bond donors (Lipinski definition) is 1. The van der Waals surface area contributed by atoms with Crippen molar-refractivity contribution in [1.29, 1.82) is 0 Å². The van der Waals surface area contributed by atoms with E-state index >= 15 is 0 Å². The Labute approximate surface area is 128 Å². The molecular weight excluding hydrogens is 262 g/mol. The minimum atomic E-state index is 0.540. The van der Waals surface area contributed by atoms with E-state index in [0.717, 1.165) is 18.9 Å². The molecule has 0 unspecified atom stereocenters. The number of rotatable bonds is 7. The van der Waals surface area contributed by atoms with Gasteiger partial charge in [-0.1, -0.05) is 25.0 Å². The minimum Gasteiger partial charge on any atom is -0.497 e. The van der Waals surface area contributed by atoms with Crippen molar-refractivity contribution in [2.75, 3.05) is 20.3 Å². The van der Waals surface area contributed by atoms with Gasteiger partial charge in [-0.3, -0.25) is 0 Å². The van der Waals surface area contributed by atoms with E-state index in [9.17, 15) is 0 Å². The average molecular weight is 289 g/mol. The number of benzene rings is 1. The molecule has 3 rings (SSSR count). The van der Waals surface area contributed by atoms with E-state index in [-0.39, 0.29) is 0 Å². The van der Waals surface area contributed by atoms with Gasteiger partial charge in [0.15, 0.2) is 0 Å². The van der Waals surface area contributed by atoms with Crippen LogP contribution in [-0.4, -0.2) is 32.4 Å². The summed E-state index contributed by atoms with van der Waals surface area (Å²) in [7, 11) is 1.73. The van der Waals surface area contributed by atoms with Crippen molar-refractivity contribution in [3.63, 3.8) is 0 Å². The minimum absolute atomic E-state index is 0.540. The van der Waals surface area contributed by atoms with Gasteiger partial charge in [0.25, 0.3) is 0 Å². The number of methoxy groups -OCH3 is 1. The molecule has 2 saturated carbocycles. The Hall–Kier alpha value is -1.06. The van der Waals surface area contributed by atoms with Crippen molar-refractivity contribution in [2.45, 2.75) is 56.6 Å². The van der Waals surface area contributed by atoms with Crippen LogP contribution in [0.15, 0.2) is 24.3 Å². The summed E-state index contributed by atoms with van der Waals surface area (Å²) < 4.78 is 11.2. The van der Waals surface area contributed by atoms with Crippen molar-refractivity contribution in [1.82, 2.24) is 5.32 Å². The number of nitrogens with one attached hydrogen (secondary N) is 1. The fourth-order valence-electron chi connectivity index (χ4n) is 3.50. The SMILES string of the molecule is COc1cccc(C2CC(NCCOC3CCCC3)C2)c1. The van der Waals surface area contributed by atoms with Gasteiger partial charge in [0, 0.05) is 12.6 Å². The monoisotopic (exact) mass is 289 g/mol. The molecule has 2 aliphatic carbocycles. The first kappa shape index (κ1) is 14.9. The molecule has 2 aliphatic rings. The van der Waals surface area contributed by atoms with Crippen LogP contribution in [0, 0.1) is 0 Å². The molecule has 1 N–H and O–H groups in total. The van der Waals surface area contributed by atoms with Crippen molar-refractivity contribution >= 4 is 0 Å². The summed E-state index contributed by atoms with van der Waals surface area (Å²) in [5.41, 5.74) is 1.41. The molecule has 3 nitrogen and oxygen atoms in total. The van der Waals surface area contributed by atoms with Gasteiger partial charge in [-0.2, -0.15) is 0 Å². The van der Waals surface area contributed by atoms with Crippen LogP contribution in [0.3, 0.4) is 0 Å². The summed E-state index contributed by atoms with van der Waals surface area (Å²) in [6.45, 7) is 1.86. The van der Waals surface area contributed by atoms with Gasteiger partial charge < -0.3 is 14.8 Å². The maximum absolute atomic E-state index is 5.88. The fourth-order valence-corrected chi connectivity index (χ4v) is 3.50. The van der Waals surface area contributed by atoms with Gasteiger partial charge in [-0.05, 0) is 49.3 Å².